The first kappa shape index (κ1) is 28.5. The van der Waals surface area contributed by atoms with Gasteiger partial charge in [0.25, 0.3) is 0 Å². The van der Waals surface area contributed by atoms with Crippen LogP contribution in [0, 0.1) is 0 Å². The third-order valence-corrected chi connectivity index (χ3v) is 11.8. The summed E-state index contributed by atoms with van der Waals surface area (Å²) in [5.74, 6) is 0. The maximum atomic E-state index is 2.41. The third-order valence-electron chi connectivity index (χ3n) is 5.91. The average Bonchev–Trinajstić information content (AvgIpc) is 3.43. The quantitative estimate of drug-likeness (QED) is 0.113. The molecule has 3 heteroatoms. The molecule has 0 heterocycles. The molecule has 0 nitrogen and oxygen atoms in total. The molecule has 0 amide bonds. The smallest absolute Gasteiger partial charge is 0.161 e. The molecule has 4 aromatic carbocycles. The molecular formula is C30H40P2Ti. The molecule has 0 unspecified atom stereocenters. The summed E-state index contributed by atoms with van der Waals surface area (Å²) in [6.45, 7) is 9.20. The summed E-state index contributed by atoms with van der Waals surface area (Å²) in [5, 5.41) is 8.88. The van der Waals surface area contributed by atoms with Gasteiger partial charge in [-0.1, -0.05) is 81.4 Å². The van der Waals surface area contributed by atoms with Crippen LogP contribution in [0.2, 0.25) is 0 Å². The summed E-state index contributed by atoms with van der Waals surface area (Å²) in [6, 6.07) is 27.1. The summed E-state index contributed by atoms with van der Waals surface area (Å²) in [6.07, 6.45) is 10.8. The number of hydrogen-bond donors (Lipinski definition) is 0. The monoisotopic (exact) mass is 510 g/mol. The molecule has 0 spiro atoms. The van der Waals surface area contributed by atoms with Gasteiger partial charge in [0.15, 0.2) is 0 Å². The Hall–Kier alpha value is -0.766. The van der Waals surface area contributed by atoms with Crippen LogP contribution in [0.15, 0.2) is 72.8 Å². The van der Waals surface area contributed by atoms with Gasteiger partial charge >= 0.3 is 21.7 Å². The second kappa shape index (κ2) is 15.3. The Kier molecular flexibility index (Phi) is 13.2. The van der Waals surface area contributed by atoms with E-state index in [0.717, 1.165) is 0 Å². The molecule has 0 fully saturated rings. The van der Waals surface area contributed by atoms with Gasteiger partial charge in [0.1, 0.15) is 0 Å². The zero-order valence-electron chi connectivity index (χ0n) is 21.0. The van der Waals surface area contributed by atoms with Crippen LogP contribution in [0.1, 0.15) is 53.4 Å². The first-order chi connectivity index (χ1) is 15.7. The van der Waals surface area contributed by atoms with Gasteiger partial charge in [-0.05, 0) is 24.6 Å². The molecule has 0 aliphatic heterocycles. The van der Waals surface area contributed by atoms with Crippen molar-refractivity contribution < 1.29 is 21.7 Å². The zero-order chi connectivity index (χ0) is 22.8. The fourth-order valence-electron chi connectivity index (χ4n) is 4.45. The van der Waals surface area contributed by atoms with Crippen LogP contribution in [-0.4, -0.2) is 24.6 Å². The van der Waals surface area contributed by atoms with Crippen molar-refractivity contribution in [1.82, 2.24) is 0 Å². The molecule has 33 heavy (non-hydrogen) atoms. The Bertz CT molecular complexity index is 897. The second-order valence-corrected chi connectivity index (χ2v) is 13.6. The predicted octanol–water partition coefficient (Wildman–Crippen LogP) is 8.97. The first-order valence-electron chi connectivity index (χ1n) is 12.5. The minimum atomic E-state index is 0. The third kappa shape index (κ3) is 8.15. The molecule has 0 saturated carbocycles. The van der Waals surface area contributed by atoms with Gasteiger partial charge in [0.05, 0.1) is 0 Å². The van der Waals surface area contributed by atoms with E-state index in [4.69, 9.17) is 0 Å². The number of rotatable bonds is 10. The molecule has 0 atom stereocenters. The molecule has 0 N–H and O–H groups in total. The van der Waals surface area contributed by atoms with E-state index < -0.39 is 0 Å². The summed E-state index contributed by atoms with van der Waals surface area (Å²) >= 11 is 0. The van der Waals surface area contributed by atoms with Gasteiger partial charge in [0.2, 0.25) is 0 Å². The fraction of sp³-hybridized carbons (Fsp3) is 0.400. The fourth-order valence-corrected chi connectivity index (χ4v) is 9.38. The number of benzene rings is 2. The van der Waals surface area contributed by atoms with Crippen molar-refractivity contribution in [3.8, 4) is 0 Å². The minimum absolute atomic E-state index is 0. The van der Waals surface area contributed by atoms with Gasteiger partial charge in [0, 0.05) is 0 Å². The van der Waals surface area contributed by atoms with E-state index >= 15 is 0 Å². The van der Waals surface area contributed by atoms with E-state index in [-0.39, 0.29) is 37.6 Å². The van der Waals surface area contributed by atoms with Gasteiger partial charge in [-0.3, -0.25) is 0 Å². The Labute approximate surface area is 219 Å². The first-order valence-corrected chi connectivity index (χ1v) is 15.9. The Morgan fingerprint density at radius 3 is 1.18 bits per heavy atom. The standard InChI is InChI=1S/2C15H20P.Ti/c2*1-3-9-16(10-4-2)15-11-13-7-5-6-8-14(13)12-15;/h2*5-8,11-12H,3-4,9-10H2,1-2H3;/q2*-1;+2. The predicted molar refractivity (Wildman–Crippen MR) is 153 cm³/mol. The molecule has 174 valence electrons. The summed E-state index contributed by atoms with van der Waals surface area (Å²) in [7, 11) is 0.194. The number of fused-ring (bicyclic) bond motifs is 2. The van der Waals surface area contributed by atoms with Crippen LogP contribution in [0.25, 0.3) is 21.5 Å². The van der Waals surface area contributed by atoms with Gasteiger partial charge in [-0.25, -0.2) is 0 Å². The zero-order valence-corrected chi connectivity index (χ0v) is 24.3. The van der Waals surface area contributed by atoms with Crippen molar-refractivity contribution in [2.24, 2.45) is 0 Å². The van der Waals surface area contributed by atoms with Crippen LogP contribution in [-0.2, 0) is 21.7 Å². The molecule has 0 bridgehead atoms. The van der Waals surface area contributed by atoms with Crippen LogP contribution < -0.4 is 10.6 Å². The largest absolute Gasteiger partial charge is 2.00 e. The van der Waals surface area contributed by atoms with Crippen molar-refractivity contribution in [1.29, 1.82) is 0 Å². The van der Waals surface area contributed by atoms with Crippen LogP contribution in [0.5, 0.6) is 0 Å². The average molecular weight is 510 g/mol. The molecule has 0 aliphatic carbocycles. The van der Waals surface area contributed by atoms with E-state index in [2.05, 4.69) is 100 Å². The van der Waals surface area contributed by atoms with Crippen LogP contribution >= 0.6 is 15.8 Å². The van der Waals surface area contributed by atoms with Crippen molar-refractivity contribution >= 4 is 48.0 Å². The summed E-state index contributed by atoms with van der Waals surface area (Å²) < 4.78 is 0. The van der Waals surface area contributed by atoms with Crippen molar-refractivity contribution in [2.75, 3.05) is 24.6 Å². The molecule has 0 radical (unpaired) electrons. The number of hydrogen-bond acceptors (Lipinski definition) is 0. The van der Waals surface area contributed by atoms with Crippen LogP contribution in [0.4, 0.5) is 0 Å². The molecule has 0 aliphatic rings. The maximum Gasteiger partial charge on any atom is 2.00 e. The SMILES string of the molecule is CCCP(CCC)c1cc2ccccc2[cH-]1.CCCP(CCC)c1cc2ccccc2[cH-]1.[Ti+2]. The van der Waals surface area contributed by atoms with E-state index in [0.29, 0.717) is 0 Å². The molecule has 4 aromatic rings. The van der Waals surface area contributed by atoms with Crippen molar-refractivity contribution in [2.45, 2.75) is 53.4 Å². The van der Waals surface area contributed by atoms with E-state index in [9.17, 15) is 0 Å². The van der Waals surface area contributed by atoms with Crippen LogP contribution in [0.3, 0.4) is 0 Å². The van der Waals surface area contributed by atoms with Crippen molar-refractivity contribution in [3.05, 3.63) is 72.8 Å². The second-order valence-electron chi connectivity index (χ2n) is 8.66. The van der Waals surface area contributed by atoms with E-state index in [1.807, 2.05) is 0 Å². The summed E-state index contributed by atoms with van der Waals surface area (Å²) in [5.41, 5.74) is 0. The molecular weight excluding hydrogens is 470 g/mol. The van der Waals surface area contributed by atoms with E-state index in [1.54, 1.807) is 10.6 Å². The molecule has 0 saturated heterocycles. The van der Waals surface area contributed by atoms with Gasteiger partial charge in [-0.2, -0.15) is 12.1 Å². The van der Waals surface area contributed by atoms with E-state index in [1.165, 1.54) is 71.9 Å². The maximum absolute atomic E-state index is 2.41. The minimum Gasteiger partial charge on any atom is -0.161 e. The van der Waals surface area contributed by atoms with Gasteiger partial charge in [-0.15, -0.1) is 80.7 Å². The Balaban J connectivity index is 0.000000227. The topological polar surface area (TPSA) is 0 Å². The van der Waals surface area contributed by atoms with Crippen molar-refractivity contribution in [3.63, 3.8) is 0 Å². The molecule has 4 rings (SSSR count). The Morgan fingerprint density at radius 1 is 0.545 bits per heavy atom. The van der Waals surface area contributed by atoms with Gasteiger partial charge < -0.3 is 0 Å². The normalized spacial score (nSPS) is 11.1. The Morgan fingerprint density at radius 2 is 0.879 bits per heavy atom. The molecule has 0 aromatic heterocycles. The summed E-state index contributed by atoms with van der Waals surface area (Å²) in [4.78, 5) is 0.